The molecule has 33 heavy (non-hydrogen) atoms. The van der Waals surface area contributed by atoms with Crippen LogP contribution in [0.5, 0.6) is 0 Å². The molecule has 1 aromatic carbocycles. The summed E-state index contributed by atoms with van der Waals surface area (Å²) in [6.07, 6.45) is 5.68. The lowest BCUT2D eigenvalue weighted by molar-refractivity contribution is -0.0665. The fraction of sp³-hybridized carbons (Fsp3) is 0.500. The Kier molecular flexibility index (Phi) is 4.61. The molecule has 0 N–H and O–H groups in total. The van der Waals surface area contributed by atoms with E-state index in [0.717, 1.165) is 34.9 Å². The Hall–Kier alpha value is -2.83. The maximum absolute atomic E-state index is 13.9. The number of amides is 1. The van der Waals surface area contributed by atoms with Crippen LogP contribution in [-0.4, -0.2) is 38.0 Å². The first-order valence-corrected chi connectivity index (χ1v) is 11.8. The van der Waals surface area contributed by atoms with Gasteiger partial charge in [0.2, 0.25) is 0 Å². The molecule has 4 saturated carbocycles. The molecule has 0 unspecified atom stereocenters. The van der Waals surface area contributed by atoms with E-state index in [2.05, 4.69) is 10.1 Å². The van der Waals surface area contributed by atoms with E-state index in [1.807, 2.05) is 43.1 Å². The molecule has 4 bridgehead atoms. The molecule has 4 fully saturated rings. The van der Waals surface area contributed by atoms with Crippen molar-refractivity contribution in [3.8, 4) is 11.3 Å². The molecular formula is C26H28F2N4O. The summed E-state index contributed by atoms with van der Waals surface area (Å²) in [7, 11) is 1.89. The van der Waals surface area contributed by atoms with Crippen LogP contribution in [0.1, 0.15) is 66.6 Å². The standard InChI is InChI=1S/C26H28F2N4O/c1-15-3-5-19(6-4-15)21-10-22(23(27)28)32-24(30-21)20(14-29-32)25(33)31(2)26-11-16-7-17(12-26)9-18(8-16)13-26/h3-6,10,14,16-18,23H,7-9,11-13H2,1-2H3. The molecular weight excluding hydrogens is 422 g/mol. The molecule has 7 rings (SSSR count). The Morgan fingerprint density at radius 3 is 2.27 bits per heavy atom. The largest absolute Gasteiger partial charge is 0.336 e. The number of carbonyl (C=O) groups is 1. The number of halogens is 2. The zero-order chi connectivity index (χ0) is 22.9. The number of hydrogen-bond acceptors (Lipinski definition) is 3. The van der Waals surface area contributed by atoms with Gasteiger partial charge >= 0.3 is 0 Å². The van der Waals surface area contributed by atoms with Crippen molar-refractivity contribution in [3.63, 3.8) is 0 Å². The summed E-state index contributed by atoms with van der Waals surface area (Å²) in [5.74, 6) is 1.94. The molecule has 0 atom stereocenters. The van der Waals surface area contributed by atoms with Crippen molar-refractivity contribution < 1.29 is 13.6 Å². The number of fused-ring (bicyclic) bond motifs is 1. The third kappa shape index (κ3) is 3.27. The number of nitrogens with zero attached hydrogens (tertiary/aromatic N) is 4. The van der Waals surface area contributed by atoms with Gasteiger partial charge in [0.05, 0.1) is 11.9 Å². The van der Waals surface area contributed by atoms with Crippen LogP contribution in [0, 0.1) is 24.7 Å². The van der Waals surface area contributed by atoms with Crippen molar-refractivity contribution in [2.24, 2.45) is 17.8 Å². The predicted octanol–water partition coefficient (Wildman–Crippen LogP) is 5.68. The summed E-state index contributed by atoms with van der Waals surface area (Å²) in [5.41, 5.74) is 2.34. The van der Waals surface area contributed by atoms with Gasteiger partial charge in [0, 0.05) is 18.2 Å². The van der Waals surface area contributed by atoms with Gasteiger partial charge < -0.3 is 4.90 Å². The summed E-state index contributed by atoms with van der Waals surface area (Å²) >= 11 is 0. The molecule has 1 amide bonds. The van der Waals surface area contributed by atoms with Crippen LogP contribution in [0.3, 0.4) is 0 Å². The molecule has 3 aromatic rings. The van der Waals surface area contributed by atoms with E-state index < -0.39 is 6.43 Å². The number of aryl methyl sites for hydroxylation is 1. The zero-order valence-corrected chi connectivity index (χ0v) is 19.0. The number of alkyl halides is 2. The van der Waals surface area contributed by atoms with Crippen molar-refractivity contribution in [3.05, 3.63) is 53.3 Å². The normalized spacial score (nSPS) is 28.1. The van der Waals surface area contributed by atoms with Crippen LogP contribution in [0.15, 0.2) is 36.5 Å². The van der Waals surface area contributed by atoms with Crippen molar-refractivity contribution in [1.82, 2.24) is 19.5 Å². The van der Waals surface area contributed by atoms with Crippen LogP contribution in [0.4, 0.5) is 8.78 Å². The van der Waals surface area contributed by atoms with E-state index in [0.29, 0.717) is 29.0 Å². The molecule has 5 nitrogen and oxygen atoms in total. The van der Waals surface area contributed by atoms with Gasteiger partial charge in [0.15, 0.2) is 5.65 Å². The summed E-state index contributed by atoms with van der Waals surface area (Å²) in [6.45, 7) is 1.97. The van der Waals surface area contributed by atoms with Gasteiger partial charge in [0.25, 0.3) is 12.3 Å². The van der Waals surface area contributed by atoms with E-state index in [4.69, 9.17) is 0 Å². The second-order valence-electron chi connectivity index (χ2n) is 10.5. The average Bonchev–Trinajstić information content (AvgIpc) is 3.21. The molecule has 4 aliphatic rings. The molecule has 0 saturated heterocycles. The maximum Gasteiger partial charge on any atom is 0.280 e. The Labute approximate surface area is 191 Å². The van der Waals surface area contributed by atoms with Gasteiger partial charge in [-0.1, -0.05) is 29.8 Å². The first-order chi connectivity index (χ1) is 15.8. The monoisotopic (exact) mass is 450 g/mol. The molecule has 0 aliphatic heterocycles. The minimum atomic E-state index is -2.73. The third-order valence-corrected chi connectivity index (χ3v) is 8.32. The number of aromatic nitrogens is 3. The quantitative estimate of drug-likeness (QED) is 0.514. The van der Waals surface area contributed by atoms with Crippen molar-refractivity contribution in [2.75, 3.05) is 7.05 Å². The molecule has 0 radical (unpaired) electrons. The summed E-state index contributed by atoms with van der Waals surface area (Å²) in [6, 6.07) is 8.94. The van der Waals surface area contributed by atoms with Crippen LogP contribution in [0.25, 0.3) is 16.9 Å². The molecule has 172 valence electrons. The summed E-state index contributed by atoms with van der Waals surface area (Å²) in [5, 5.41) is 4.17. The summed E-state index contributed by atoms with van der Waals surface area (Å²) < 4.78 is 29.0. The van der Waals surface area contributed by atoms with Crippen molar-refractivity contribution in [2.45, 2.75) is 57.4 Å². The fourth-order valence-corrected chi connectivity index (χ4v) is 7.04. The maximum atomic E-state index is 13.9. The van der Waals surface area contributed by atoms with Crippen molar-refractivity contribution in [1.29, 1.82) is 0 Å². The van der Waals surface area contributed by atoms with E-state index in [1.165, 1.54) is 31.5 Å². The van der Waals surface area contributed by atoms with E-state index in [9.17, 15) is 13.6 Å². The zero-order valence-electron chi connectivity index (χ0n) is 19.0. The molecule has 2 heterocycles. The number of carbonyl (C=O) groups excluding carboxylic acids is 1. The second kappa shape index (κ2) is 7.34. The van der Waals surface area contributed by atoms with Gasteiger partial charge in [-0.25, -0.2) is 18.3 Å². The Bertz CT molecular complexity index is 1200. The number of rotatable bonds is 4. The van der Waals surface area contributed by atoms with Gasteiger partial charge in [0.1, 0.15) is 11.3 Å². The fourth-order valence-electron chi connectivity index (χ4n) is 7.04. The lowest BCUT2D eigenvalue weighted by Gasteiger charge is -2.59. The SMILES string of the molecule is Cc1ccc(-c2cc(C(F)F)n3ncc(C(=O)N(C)C45CC6CC(CC(C6)C4)C5)c3n2)cc1. The highest BCUT2D eigenvalue weighted by atomic mass is 19.3. The van der Waals surface area contributed by atoms with Crippen LogP contribution >= 0.6 is 0 Å². The first-order valence-electron chi connectivity index (χ1n) is 11.8. The number of hydrogen-bond donors (Lipinski definition) is 0. The highest BCUT2D eigenvalue weighted by Crippen LogP contribution is 2.57. The predicted molar refractivity (Wildman–Crippen MR) is 121 cm³/mol. The van der Waals surface area contributed by atoms with E-state index in [-0.39, 0.29) is 22.8 Å². The molecule has 4 aliphatic carbocycles. The van der Waals surface area contributed by atoms with Crippen LogP contribution in [0.2, 0.25) is 0 Å². The van der Waals surface area contributed by atoms with E-state index >= 15 is 0 Å². The van der Waals surface area contributed by atoms with Crippen molar-refractivity contribution >= 4 is 11.6 Å². The minimum Gasteiger partial charge on any atom is -0.336 e. The highest BCUT2D eigenvalue weighted by Gasteiger charge is 2.54. The highest BCUT2D eigenvalue weighted by molar-refractivity contribution is 6.00. The molecule has 7 heteroatoms. The lowest BCUT2D eigenvalue weighted by Crippen LogP contribution is -2.60. The van der Waals surface area contributed by atoms with Crippen LogP contribution in [-0.2, 0) is 0 Å². The molecule has 2 aromatic heterocycles. The number of benzene rings is 1. The van der Waals surface area contributed by atoms with Gasteiger partial charge in [-0.15, -0.1) is 0 Å². The van der Waals surface area contributed by atoms with Gasteiger partial charge in [-0.2, -0.15) is 5.10 Å². The second-order valence-corrected chi connectivity index (χ2v) is 10.5. The third-order valence-electron chi connectivity index (χ3n) is 8.32. The topological polar surface area (TPSA) is 50.5 Å². The minimum absolute atomic E-state index is 0.125. The average molecular weight is 451 g/mol. The van der Waals surface area contributed by atoms with Gasteiger partial charge in [-0.05, 0) is 69.3 Å². The summed E-state index contributed by atoms with van der Waals surface area (Å²) in [4.78, 5) is 20.3. The Morgan fingerprint density at radius 2 is 1.70 bits per heavy atom. The Morgan fingerprint density at radius 1 is 1.09 bits per heavy atom. The Balaban J connectivity index is 1.42. The first kappa shape index (κ1) is 20.8. The van der Waals surface area contributed by atoms with E-state index in [1.54, 1.807) is 0 Å². The molecule has 0 spiro atoms. The van der Waals surface area contributed by atoms with Gasteiger partial charge in [-0.3, -0.25) is 4.79 Å². The smallest absolute Gasteiger partial charge is 0.280 e. The van der Waals surface area contributed by atoms with Crippen LogP contribution < -0.4 is 0 Å². The lowest BCUT2D eigenvalue weighted by atomic mass is 9.52.